The minimum atomic E-state index is -0.397. The first kappa shape index (κ1) is 15.3. The molecule has 0 aromatic carbocycles. The summed E-state index contributed by atoms with van der Waals surface area (Å²) in [4.78, 5) is 11.5. The lowest BCUT2D eigenvalue weighted by Crippen LogP contribution is -2.38. The van der Waals surface area contributed by atoms with E-state index in [0.717, 1.165) is 12.8 Å². The summed E-state index contributed by atoms with van der Waals surface area (Å²) >= 11 is 0. The summed E-state index contributed by atoms with van der Waals surface area (Å²) < 4.78 is 5.39. The van der Waals surface area contributed by atoms with Crippen LogP contribution in [0.2, 0.25) is 0 Å². The van der Waals surface area contributed by atoms with Gasteiger partial charge >= 0.3 is 6.09 Å². The van der Waals surface area contributed by atoms with Crippen molar-refractivity contribution in [3.63, 3.8) is 0 Å². The lowest BCUT2D eigenvalue weighted by Gasteiger charge is -2.29. The molecule has 0 saturated carbocycles. The number of hydrogen-bond acceptors (Lipinski definition) is 2. The molecule has 0 aromatic rings. The molecule has 0 aliphatic carbocycles. The van der Waals surface area contributed by atoms with Crippen molar-refractivity contribution in [2.75, 3.05) is 0 Å². The molecule has 0 bridgehead atoms. The van der Waals surface area contributed by atoms with E-state index in [1.165, 1.54) is 0 Å². The van der Waals surface area contributed by atoms with Gasteiger partial charge in [-0.1, -0.05) is 20.8 Å². The quantitative estimate of drug-likeness (QED) is 0.797. The minimum absolute atomic E-state index is 0.117. The first-order valence-corrected chi connectivity index (χ1v) is 6.01. The van der Waals surface area contributed by atoms with Gasteiger partial charge in [-0.15, -0.1) is 0 Å². The van der Waals surface area contributed by atoms with Gasteiger partial charge in [0.05, 0.1) is 0 Å². The van der Waals surface area contributed by atoms with E-state index in [-0.39, 0.29) is 17.6 Å². The van der Waals surface area contributed by atoms with Crippen molar-refractivity contribution < 1.29 is 9.53 Å². The van der Waals surface area contributed by atoms with Gasteiger partial charge in [-0.3, -0.25) is 0 Å². The fourth-order valence-corrected chi connectivity index (χ4v) is 1.24. The standard InChI is InChI=1S/C13H27NO2/c1-10(2)14-11(15)16-13(6,7)9-8-12(3,4)5/h10H,8-9H2,1-7H3,(H,14,15). The van der Waals surface area contributed by atoms with Gasteiger partial charge in [-0.05, 0) is 46.0 Å². The van der Waals surface area contributed by atoms with Crippen LogP contribution < -0.4 is 5.32 Å². The van der Waals surface area contributed by atoms with Crippen LogP contribution in [0, 0.1) is 5.41 Å². The van der Waals surface area contributed by atoms with Crippen LogP contribution in [-0.4, -0.2) is 17.7 Å². The number of carbonyl (C=O) groups excluding carboxylic acids is 1. The minimum Gasteiger partial charge on any atom is -0.444 e. The van der Waals surface area contributed by atoms with Gasteiger partial charge in [-0.25, -0.2) is 4.79 Å². The van der Waals surface area contributed by atoms with Crippen LogP contribution in [0.5, 0.6) is 0 Å². The molecule has 0 aliphatic rings. The van der Waals surface area contributed by atoms with Crippen LogP contribution in [-0.2, 0) is 4.74 Å². The Balaban J connectivity index is 4.09. The van der Waals surface area contributed by atoms with E-state index in [1.807, 2.05) is 27.7 Å². The van der Waals surface area contributed by atoms with E-state index in [1.54, 1.807) is 0 Å². The van der Waals surface area contributed by atoms with Gasteiger partial charge in [0.15, 0.2) is 0 Å². The molecule has 0 unspecified atom stereocenters. The third-order valence-electron chi connectivity index (χ3n) is 2.25. The average Bonchev–Trinajstić information content (AvgIpc) is 1.96. The first-order chi connectivity index (χ1) is 7.02. The Morgan fingerprint density at radius 2 is 1.62 bits per heavy atom. The number of amides is 1. The molecule has 0 radical (unpaired) electrons. The highest BCUT2D eigenvalue weighted by Gasteiger charge is 2.25. The van der Waals surface area contributed by atoms with Crippen molar-refractivity contribution in [3.8, 4) is 0 Å². The van der Waals surface area contributed by atoms with Crippen molar-refractivity contribution >= 4 is 6.09 Å². The molecule has 0 saturated heterocycles. The maximum Gasteiger partial charge on any atom is 0.407 e. The number of nitrogens with one attached hydrogen (secondary N) is 1. The van der Waals surface area contributed by atoms with Crippen molar-refractivity contribution in [1.29, 1.82) is 0 Å². The third-order valence-corrected chi connectivity index (χ3v) is 2.25. The second kappa shape index (κ2) is 5.55. The predicted octanol–water partition coefficient (Wildman–Crippen LogP) is 3.73. The van der Waals surface area contributed by atoms with Crippen LogP contribution in [0.25, 0.3) is 0 Å². The highest BCUT2D eigenvalue weighted by Crippen LogP contribution is 2.27. The highest BCUT2D eigenvalue weighted by atomic mass is 16.6. The third kappa shape index (κ3) is 8.57. The second-order valence-electron chi connectivity index (χ2n) is 6.51. The molecule has 1 N–H and O–H groups in total. The smallest absolute Gasteiger partial charge is 0.407 e. The summed E-state index contributed by atoms with van der Waals surface area (Å²) in [5.74, 6) is 0. The highest BCUT2D eigenvalue weighted by molar-refractivity contribution is 5.67. The van der Waals surface area contributed by atoms with Crippen molar-refractivity contribution in [1.82, 2.24) is 5.32 Å². The van der Waals surface area contributed by atoms with E-state index >= 15 is 0 Å². The van der Waals surface area contributed by atoms with E-state index in [0.29, 0.717) is 0 Å². The lowest BCUT2D eigenvalue weighted by molar-refractivity contribution is 0.0237. The van der Waals surface area contributed by atoms with Crippen molar-refractivity contribution in [2.24, 2.45) is 5.41 Å². The van der Waals surface area contributed by atoms with Gasteiger partial charge < -0.3 is 10.1 Å². The molecular formula is C13H27NO2. The van der Waals surface area contributed by atoms with Crippen LogP contribution in [0.15, 0.2) is 0 Å². The molecule has 0 rings (SSSR count). The van der Waals surface area contributed by atoms with Crippen LogP contribution >= 0.6 is 0 Å². The maximum absolute atomic E-state index is 11.5. The zero-order valence-corrected chi connectivity index (χ0v) is 11.8. The summed E-state index contributed by atoms with van der Waals surface area (Å²) in [7, 11) is 0. The summed E-state index contributed by atoms with van der Waals surface area (Å²) in [5, 5.41) is 2.73. The number of ether oxygens (including phenoxy) is 1. The topological polar surface area (TPSA) is 38.3 Å². The molecule has 96 valence electrons. The monoisotopic (exact) mass is 229 g/mol. The first-order valence-electron chi connectivity index (χ1n) is 6.01. The van der Waals surface area contributed by atoms with Crippen LogP contribution in [0.1, 0.15) is 61.3 Å². The Morgan fingerprint density at radius 3 is 2.00 bits per heavy atom. The number of carbonyl (C=O) groups is 1. The normalized spacial score (nSPS) is 12.8. The molecule has 0 aromatic heterocycles. The van der Waals surface area contributed by atoms with Crippen LogP contribution in [0.3, 0.4) is 0 Å². The van der Waals surface area contributed by atoms with Crippen molar-refractivity contribution in [2.45, 2.75) is 73.0 Å². The van der Waals surface area contributed by atoms with E-state index in [9.17, 15) is 4.79 Å². The Labute approximate surface area is 99.9 Å². The van der Waals surface area contributed by atoms with Gasteiger partial charge in [0.2, 0.25) is 0 Å². The maximum atomic E-state index is 11.5. The Morgan fingerprint density at radius 1 is 1.12 bits per heavy atom. The fraction of sp³-hybridized carbons (Fsp3) is 0.923. The summed E-state index contributed by atoms with van der Waals surface area (Å²) in [6.07, 6.45) is 1.59. The SMILES string of the molecule is CC(C)NC(=O)OC(C)(C)CCC(C)(C)C. The predicted molar refractivity (Wildman–Crippen MR) is 67.5 cm³/mol. The molecule has 0 heterocycles. The van der Waals surface area contributed by atoms with E-state index < -0.39 is 5.60 Å². The zero-order valence-electron chi connectivity index (χ0n) is 11.8. The van der Waals surface area contributed by atoms with Gasteiger partial charge in [-0.2, -0.15) is 0 Å². The van der Waals surface area contributed by atoms with Gasteiger partial charge in [0.25, 0.3) is 0 Å². The molecule has 0 aliphatic heterocycles. The van der Waals surface area contributed by atoms with Gasteiger partial charge in [0, 0.05) is 6.04 Å². The van der Waals surface area contributed by atoms with Gasteiger partial charge in [0.1, 0.15) is 5.60 Å². The molecule has 3 heteroatoms. The summed E-state index contributed by atoms with van der Waals surface area (Å²) in [6.45, 7) is 14.3. The molecule has 16 heavy (non-hydrogen) atoms. The Kier molecular flexibility index (Phi) is 5.30. The van der Waals surface area contributed by atoms with E-state index in [4.69, 9.17) is 4.74 Å². The zero-order chi connectivity index (χ0) is 13.0. The Hall–Kier alpha value is -0.730. The molecule has 0 fully saturated rings. The molecular weight excluding hydrogens is 202 g/mol. The summed E-state index contributed by atoms with van der Waals surface area (Å²) in [6, 6.07) is 0.117. The van der Waals surface area contributed by atoms with Crippen molar-refractivity contribution in [3.05, 3.63) is 0 Å². The number of alkyl carbamates (subject to hydrolysis) is 1. The van der Waals surface area contributed by atoms with E-state index in [2.05, 4.69) is 26.1 Å². The van der Waals surface area contributed by atoms with Crippen LogP contribution in [0.4, 0.5) is 4.79 Å². The number of hydrogen-bond donors (Lipinski definition) is 1. The largest absolute Gasteiger partial charge is 0.444 e. The lowest BCUT2D eigenvalue weighted by atomic mass is 9.86. The molecule has 3 nitrogen and oxygen atoms in total. The number of rotatable bonds is 4. The Bertz CT molecular complexity index is 227. The molecule has 1 amide bonds. The fourth-order valence-electron chi connectivity index (χ4n) is 1.24. The molecule has 0 spiro atoms. The summed E-state index contributed by atoms with van der Waals surface area (Å²) in [5.41, 5.74) is -0.124. The average molecular weight is 229 g/mol. The second-order valence-corrected chi connectivity index (χ2v) is 6.51. The molecule has 0 atom stereocenters.